The summed E-state index contributed by atoms with van der Waals surface area (Å²) >= 11 is 3.16. The molecule has 0 saturated carbocycles. The van der Waals surface area contributed by atoms with Crippen molar-refractivity contribution >= 4 is 28.1 Å². The van der Waals surface area contributed by atoms with Gasteiger partial charge >= 0.3 is 0 Å². The van der Waals surface area contributed by atoms with Gasteiger partial charge in [0.25, 0.3) is 5.89 Å². The molecule has 3 heterocycles. The summed E-state index contributed by atoms with van der Waals surface area (Å²) in [4.78, 5) is 6.44. The second kappa shape index (κ2) is 5.09. The zero-order valence-corrected chi connectivity index (χ0v) is 12.5. The largest absolute Gasteiger partial charge is 0.480 e. The Morgan fingerprint density at radius 1 is 1.19 bits per heavy atom. The summed E-state index contributed by atoms with van der Waals surface area (Å²) in [7, 11) is 0. The molecular weight excluding hydrogens is 306 g/mol. The SMILES string of the molecule is Nc1ccc(-c2nc(C3CSc4ccccc4O3)no2)s1. The molecule has 0 bridgehead atoms. The summed E-state index contributed by atoms with van der Waals surface area (Å²) in [5.74, 6) is 2.69. The number of para-hydroxylation sites is 1. The maximum atomic E-state index is 5.95. The molecule has 2 aromatic heterocycles. The molecular formula is C14H11N3O2S2. The lowest BCUT2D eigenvalue weighted by atomic mass is 10.3. The number of hydrogen-bond acceptors (Lipinski definition) is 7. The zero-order chi connectivity index (χ0) is 14.2. The van der Waals surface area contributed by atoms with Crippen LogP contribution < -0.4 is 10.5 Å². The maximum absolute atomic E-state index is 5.95. The Hall–Kier alpha value is -1.99. The lowest BCUT2D eigenvalue weighted by Gasteiger charge is -2.22. The molecule has 0 radical (unpaired) electrons. The van der Waals surface area contributed by atoms with Crippen LogP contribution in [0.1, 0.15) is 11.9 Å². The Morgan fingerprint density at radius 2 is 2.10 bits per heavy atom. The van der Waals surface area contributed by atoms with Crippen LogP contribution in [0.5, 0.6) is 5.75 Å². The third-order valence-electron chi connectivity index (χ3n) is 3.08. The first kappa shape index (κ1) is 12.7. The summed E-state index contributed by atoms with van der Waals surface area (Å²) < 4.78 is 11.3. The van der Waals surface area contributed by atoms with E-state index in [1.807, 2.05) is 36.4 Å². The highest BCUT2D eigenvalue weighted by molar-refractivity contribution is 7.99. The second-order valence-corrected chi connectivity index (χ2v) is 6.70. The lowest BCUT2D eigenvalue weighted by molar-refractivity contribution is 0.205. The van der Waals surface area contributed by atoms with Gasteiger partial charge in [-0.2, -0.15) is 4.98 Å². The maximum Gasteiger partial charge on any atom is 0.268 e. The Kier molecular flexibility index (Phi) is 3.08. The summed E-state index contributed by atoms with van der Waals surface area (Å²) in [6.45, 7) is 0. The van der Waals surface area contributed by atoms with Crippen LogP contribution in [-0.4, -0.2) is 15.9 Å². The molecule has 0 spiro atoms. The number of fused-ring (bicyclic) bond motifs is 1. The van der Waals surface area contributed by atoms with Crippen molar-refractivity contribution < 1.29 is 9.26 Å². The molecule has 4 rings (SSSR count). The Labute approximate surface area is 129 Å². The topological polar surface area (TPSA) is 74.2 Å². The number of ether oxygens (including phenoxy) is 1. The molecule has 106 valence electrons. The van der Waals surface area contributed by atoms with Gasteiger partial charge in [0.05, 0.1) is 9.88 Å². The van der Waals surface area contributed by atoms with Gasteiger partial charge in [0.2, 0.25) is 5.82 Å². The van der Waals surface area contributed by atoms with E-state index >= 15 is 0 Å². The normalized spacial score (nSPS) is 17.2. The predicted octanol–water partition coefficient (Wildman–Crippen LogP) is 3.61. The molecule has 5 nitrogen and oxygen atoms in total. The summed E-state index contributed by atoms with van der Waals surface area (Å²) in [5, 5.41) is 4.76. The number of rotatable bonds is 2. The number of aromatic nitrogens is 2. The van der Waals surface area contributed by atoms with Crippen LogP contribution in [0.3, 0.4) is 0 Å². The number of nitrogen functional groups attached to an aromatic ring is 1. The van der Waals surface area contributed by atoms with Gasteiger partial charge in [-0.15, -0.1) is 23.1 Å². The van der Waals surface area contributed by atoms with Gasteiger partial charge in [-0.3, -0.25) is 0 Å². The van der Waals surface area contributed by atoms with E-state index in [4.69, 9.17) is 15.0 Å². The third-order valence-corrected chi connectivity index (χ3v) is 5.10. The highest BCUT2D eigenvalue weighted by Crippen LogP contribution is 2.40. The zero-order valence-electron chi connectivity index (χ0n) is 10.9. The van der Waals surface area contributed by atoms with Crippen molar-refractivity contribution in [2.45, 2.75) is 11.0 Å². The van der Waals surface area contributed by atoms with Gasteiger partial charge < -0.3 is 15.0 Å². The van der Waals surface area contributed by atoms with Gasteiger partial charge in [0.1, 0.15) is 5.75 Å². The lowest BCUT2D eigenvalue weighted by Crippen LogP contribution is -2.16. The number of thiophene rings is 1. The fourth-order valence-corrected chi connectivity index (χ4v) is 3.76. The van der Waals surface area contributed by atoms with Crippen LogP contribution in [0, 0.1) is 0 Å². The van der Waals surface area contributed by atoms with Gasteiger partial charge in [0, 0.05) is 10.6 Å². The van der Waals surface area contributed by atoms with Crippen LogP contribution >= 0.6 is 23.1 Å². The molecule has 0 saturated heterocycles. The standard InChI is InChI=1S/C14H11N3O2S2/c15-12-6-5-11(21-12)14-16-13(17-19-14)9-7-20-10-4-2-1-3-8(10)18-9/h1-6,9H,7,15H2. The molecule has 1 atom stereocenters. The van der Waals surface area contributed by atoms with E-state index in [2.05, 4.69) is 10.1 Å². The molecule has 3 aromatic rings. The molecule has 1 aliphatic heterocycles. The van der Waals surface area contributed by atoms with E-state index in [0.717, 1.165) is 26.3 Å². The average molecular weight is 317 g/mol. The van der Waals surface area contributed by atoms with E-state index in [-0.39, 0.29) is 6.10 Å². The highest BCUT2D eigenvalue weighted by atomic mass is 32.2. The summed E-state index contributed by atoms with van der Waals surface area (Å²) in [5.41, 5.74) is 5.72. The molecule has 2 N–H and O–H groups in total. The van der Waals surface area contributed by atoms with Crippen LogP contribution in [0.15, 0.2) is 45.8 Å². The van der Waals surface area contributed by atoms with Gasteiger partial charge in [0.15, 0.2) is 6.10 Å². The number of anilines is 1. The first-order chi connectivity index (χ1) is 10.3. The minimum Gasteiger partial charge on any atom is -0.480 e. The van der Waals surface area contributed by atoms with E-state index < -0.39 is 0 Å². The molecule has 0 amide bonds. The van der Waals surface area contributed by atoms with Crippen molar-refractivity contribution in [1.82, 2.24) is 10.1 Å². The molecule has 1 aromatic carbocycles. The van der Waals surface area contributed by atoms with E-state index in [1.54, 1.807) is 11.8 Å². The van der Waals surface area contributed by atoms with E-state index in [9.17, 15) is 0 Å². The van der Waals surface area contributed by atoms with E-state index in [0.29, 0.717) is 11.7 Å². The number of nitrogens with two attached hydrogens (primary N) is 1. The Morgan fingerprint density at radius 3 is 2.95 bits per heavy atom. The highest BCUT2D eigenvalue weighted by Gasteiger charge is 2.26. The summed E-state index contributed by atoms with van der Waals surface area (Å²) in [6.07, 6.45) is -0.195. The Bertz CT molecular complexity index is 784. The minimum absolute atomic E-state index is 0.195. The van der Waals surface area contributed by atoms with Crippen molar-refractivity contribution in [2.75, 3.05) is 11.5 Å². The van der Waals surface area contributed by atoms with Crippen molar-refractivity contribution in [2.24, 2.45) is 0 Å². The number of hydrogen-bond donors (Lipinski definition) is 1. The third kappa shape index (κ3) is 2.38. The molecule has 0 aliphatic carbocycles. The first-order valence-corrected chi connectivity index (χ1v) is 8.17. The predicted molar refractivity (Wildman–Crippen MR) is 82.6 cm³/mol. The Balaban J connectivity index is 1.60. The van der Waals surface area contributed by atoms with Crippen LogP contribution in [0.25, 0.3) is 10.8 Å². The number of nitrogens with zero attached hydrogens (tertiary/aromatic N) is 2. The van der Waals surface area contributed by atoms with Crippen LogP contribution in [-0.2, 0) is 0 Å². The molecule has 1 unspecified atom stereocenters. The fourth-order valence-electron chi connectivity index (χ4n) is 2.08. The second-order valence-electron chi connectivity index (χ2n) is 4.52. The van der Waals surface area contributed by atoms with Crippen molar-refractivity contribution in [1.29, 1.82) is 0 Å². The smallest absolute Gasteiger partial charge is 0.268 e. The average Bonchev–Trinajstić information content (AvgIpc) is 3.15. The minimum atomic E-state index is -0.195. The monoisotopic (exact) mass is 317 g/mol. The molecule has 0 fully saturated rings. The molecule has 7 heteroatoms. The first-order valence-electron chi connectivity index (χ1n) is 6.37. The quantitative estimate of drug-likeness (QED) is 0.778. The van der Waals surface area contributed by atoms with Crippen molar-refractivity contribution in [3.63, 3.8) is 0 Å². The van der Waals surface area contributed by atoms with Gasteiger partial charge in [-0.05, 0) is 24.3 Å². The van der Waals surface area contributed by atoms with Crippen LogP contribution in [0.2, 0.25) is 0 Å². The van der Waals surface area contributed by atoms with Crippen molar-refractivity contribution in [3.05, 3.63) is 42.2 Å². The summed E-state index contributed by atoms with van der Waals surface area (Å²) in [6, 6.07) is 11.7. The fraction of sp³-hybridized carbons (Fsp3) is 0.143. The molecule has 21 heavy (non-hydrogen) atoms. The van der Waals surface area contributed by atoms with Gasteiger partial charge in [-0.25, -0.2) is 0 Å². The van der Waals surface area contributed by atoms with Crippen LogP contribution in [0.4, 0.5) is 5.00 Å². The van der Waals surface area contributed by atoms with Gasteiger partial charge in [-0.1, -0.05) is 17.3 Å². The number of benzene rings is 1. The molecule has 1 aliphatic rings. The van der Waals surface area contributed by atoms with E-state index in [1.165, 1.54) is 11.3 Å². The number of thioether (sulfide) groups is 1. The van der Waals surface area contributed by atoms with Crippen molar-refractivity contribution in [3.8, 4) is 16.5 Å².